The van der Waals surface area contributed by atoms with Crippen LogP contribution in [0.15, 0.2) is 47.5 Å². The SMILES string of the molecule is CCN(Cc1nc2cc(OC)c(OC)cc2c(=O)[nH]1)c1ccc([N+](=O)[O-])c2cnccc12. The Balaban J connectivity index is 1.79. The summed E-state index contributed by atoms with van der Waals surface area (Å²) >= 11 is 0. The number of hydrogen-bond acceptors (Lipinski definition) is 8. The molecular formula is C22H21N5O5. The van der Waals surface area contributed by atoms with Gasteiger partial charge in [-0.15, -0.1) is 0 Å². The number of nitro groups is 1. The molecule has 0 bridgehead atoms. The van der Waals surface area contributed by atoms with E-state index in [1.165, 1.54) is 26.5 Å². The van der Waals surface area contributed by atoms with Gasteiger partial charge in [-0.25, -0.2) is 4.98 Å². The molecule has 1 N–H and O–H groups in total. The number of methoxy groups -OCH3 is 2. The molecule has 0 aliphatic heterocycles. The second-order valence-electron chi connectivity index (χ2n) is 7.03. The summed E-state index contributed by atoms with van der Waals surface area (Å²) in [7, 11) is 3.02. The van der Waals surface area contributed by atoms with Gasteiger partial charge in [-0.2, -0.15) is 0 Å². The van der Waals surface area contributed by atoms with E-state index in [0.717, 1.165) is 5.69 Å². The van der Waals surface area contributed by atoms with E-state index in [4.69, 9.17) is 9.47 Å². The zero-order valence-electron chi connectivity index (χ0n) is 17.8. The predicted molar refractivity (Wildman–Crippen MR) is 121 cm³/mol. The molecule has 0 aliphatic carbocycles. The standard InChI is InChI=1S/C22H21N5O5/c1-4-26(17-5-6-18(27(29)30)15-11-23-8-7-13(15)17)12-21-24-16-10-20(32-3)19(31-2)9-14(16)22(28)25-21/h5-11H,4,12H2,1-3H3,(H,24,25,28). The van der Waals surface area contributed by atoms with E-state index in [9.17, 15) is 14.9 Å². The smallest absolute Gasteiger partial charge is 0.278 e. The number of nitro benzene ring substituents is 1. The number of anilines is 1. The molecular weight excluding hydrogens is 414 g/mol. The minimum absolute atomic E-state index is 0.00816. The summed E-state index contributed by atoms with van der Waals surface area (Å²) in [6.45, 7) is 2.84. The molecule has 4 aromatic rings. The van der Waals surface area contributed by atoms with Crippen LogP contribution in [0.1, 0.15) is 12.7 Å². The van der Waals surface area contributed by atoms with Gasteiger partial charge < -0.3 is 19.4 Å². The Labute approximate surface area is 182 Å². The molecule has 0 saturated carbocycles. The van der Waals surface area contributed by atoms with Gasteiger partial charge in [-0.1, -0.05) is 0 Å². The largest absolute Gasteiger partial charge is 0.493 e. The normalized spacial score (nSPS) is 11.0. The maximum atomic E-state index is 12.7. The zero-order chi connectivity index (χ0) is 22.8. The number of aromatic amines is 1. The van der Waals surface area contributed by atoms with Gasteiger partial charge in [0, 0.05) is 42.1 Å². The van der Waals surface area contributed by atoms with Crippen LogP contribution in [-0.4, -0.2) is 40.6 Å². The lowest BCUT2D eigenvalue weighted by Crippen LogP contribution is -2.25. The quantitative estimate of drug-likeness (QED) is 0.346. The Hall–Kier alpha value is -4.21. The van der Waals surface area contributed by atoms with Crippen LogP contribution in [0.5, 0.6) is 11.5 Å². The van der Waals surface area contributed by atoms with Crippen LogP contribution in [0.3, 0.4) is 0 Å². The third-order valence-corrected chi connectivity index (χ3v) is 5.29. The van der Waals surface area contributed by atoms with Crippen molar-refractivity contribution in [2.75, 3.05) is 25.7 Å². The van der Waals surface area contributed by atoms with Crippen molar-refractivity contribution in [3.05, 3.63) is 69.0 Å². The van der Waals surface area contributed by atoms with E-state index in [1.807, 2.05) is 11.8 Å². The van der Waals surface area contributed by atoms with Gasteiger partial charge in [0.1, 0.15) is 5.82 Å². The lowest BCUT2D eigenvalue weighted by Gasteiger charge is -2.24. The third-order valence-electron chi connectivity index (χ3n) is 5.29. The van der Waals surface area contributed by atoms with Gasteiger partial charge in [0.05, 0.1) is 42.0 Å². The first-order valence-corrected chi connectivity index (χ1v) is 9.87. The Morgan fingerprint density at radius 1 is 1.09 bits per heavy atom. The van der Waals surface area contributed by atoms with Crippen molar-refractivity contribution in [3.8, 4) is 11.5 Å². The summed E-state index contributed by atoms with van der Waals surface area (Å²) in [5.41, 5.74) is 0.965. The van der Waals surface area contributed by atoms with Crippen molar-refractivity contribution >= 4 is 33.1 Å². The summed E-state index contributed by atoms with van der Waals surface area (Å²) in [4.78, 5) is 37.2. The van der Waals surface area contributed by atoms with Gasteiger partial charge in [-0.05, 0) is 25.1 Å². The molecule has 32 heavy (non-hydrogen) atoms. The van der Waals surface area contributed by atoms with Crippen molar-refractivity contribution in [2.24, 2.45) is 0 Å². The number of nitrogens with zero attached hydrogens (tertiary/aromatic N) is 4. The van der Waals surface area contributed by atoms with Crippen molar-refractivity contribution in [3.63, 3.8) is 0 Å². The van der Waals surface area contributed by atoms with E-state index in [2.05, 4.69) is 15.0 Å². The second-order valence-corrected chi connectivity index (χ2v) is 7.03. The number of ether oxygens (including phenoxy) is 2. The van der Waals surface area contributed by atoms with Crippen molar-refractivity contribution in [1.29, 1.82) is 0 Å². The molecule has 2 aromatic heterocycles. The van der Waals surface area contributed by atoms with Crippen LogP contribution in [-0.2, 0) is 6.54 Å². The fourth-order valence-corrected chi connectivity index (χ4v) is 3.73. The highest BCUT2D eigenvalue weighted by molar-refractivity contribution is 5.99. The maximum absolute atomic E-state index is 12.7. The summed E-state index contributed by atoms with van der Waals surface area (Å²) in [5.74, 6) is 1.38. The molecule has 2 aromatic carbocycles. The van der Waals surface area contributed by atoms with Crippen LogP contribution in [0.2, 0.25) is 0 Å². The molecule has 10 heteroatoms. The first kappa shape index (κ1) is 21.0. The van der Waals surface area contributed by atoms with Gasteiger partial charge in [-0.3, -0.25) is 19.9 Å². The van der Waals surface area contributed by atoms with Crippen LogP contribution in [0.25, 0.3) is 21.7 Å². The first-order valence-electron chi connectivity index (χ1n) is 9.87. The summed E-state index contributed by atoms with van der Waals surface area (Å²) in [6.07, 6.45) is 3.08. The molecule has 0 saturated heterocycles. The summed E-state index contributed by atoms with van der Waals surface area (Å²) in [6, 6.07) is 8.18. The number of aromatic nitrogens is 3. The number of rotatable bonds is 7. The summed E-state index contributed by atoms with van der Waals surface area (Å²) < 4.78 is 10.6. The average molecular weight is 435 g/mol. The first-order chi connectivity index (χ1) is 15.5. The molecule has 4 rings (SSSR count). The fourth-order valence-electron chi connectivity index (χ4n) is 3.73. The number of non-ortho nitro benzene ring substituents is 1. The molecule has 0 spiro atoms. The van der Waals surface area contributed by atoms with Gasteiger partial charge in [0.25, 0.3) is 11.2 Å². The molecule has 0 aliphatic rings. The van der Waals surface area contributed by atoms with Gasteiger partial charge in [0.15, 0.2) is 11.5 Å². The highest BCUT2D eigenvalue weighted by Crippen LogP contribution is 2.34. The number of pyridine rings is 1. The Kier molecular flexibility index (Phi) is 5.59. The fraction of sp³-hybridized carbons (Fsp3) is 0.227. The number of fused-ring (bicyclic) bond motifs is 2. The van der Waals surface area contributed by atoms with Crippen LogP contribution >= 0.6 is 0 Å². The highest BCUT2D eigenvalue weighted by atomic mass is 16.6. The van der Waals surface area contributed by atoms with Gasteiger partial charge >= 0.3 is 0 Å². The topological polar surface area (TPSA) is 123 Å². The highest BCUT2D eigenvalue weighted by Gasteiger charge is 2.18. The number of benzene rings is 2. The van der Waals surface area contributed by atoms with Crippen LogP contribution < -0.4 is 19.9 Å². The minimum atomic E-state index is -0.423. The van der Waals surface area contributed by atoms with Gasteiger partial charge in [0.2, 0.25) is 0 Å². The molecule has 0 amide bonds. The van der Waals surface area contributed by atoms with Crippen LogP contribution in [0.4, 0.5) is 11.4 Å². The van der Waals surface area contributed by atoms with Crippen molar-refractivity contribution < 1.29 is 14.4 Å². The molecule has 2 heterocycles. The Morgan fingerprint density at radius 2 is 1.84 bits per heavy atom. The van der Waals surface area contributed by atoms with E-state index in [-0.39, 0.29) is 11.2 Å². The summed E-state index contributed by atoms with van der Waals surface area (Å²) in [5, 5.41) is 13.0. The Morgan fingerprint density at radius 3 is 2.53 bits per heavy atom. The van der Waals surface area contributed by atoms with E-state index in [0.29, 0.717) is 52.1 Å². The molecule has 0 atom stereocenters. The second kappa shape index (κ2) is 8.50. The number of H-pyrrole nitrogens is 1. The predicted octanol–water partition coefficient (Wildman–Crippen LogP) is 3.42. The lowest BCUT2D eigenvalue weighted by atomic mass is 10.1. The third kappa shape index (κ3) is 3.66. The van der Waals surface area contributed by atoms with E-state index >= 15 is 0 Å². The maximum Gasteiger partial charge on any atom is 0.278 e. The molecule has 10 nitrogen and oxygen atoms in total. The molecule has 0 unspecified atom stereocenters. The number of nitrogens with one attached hydrogen (secondary N) is 1. The zero-order valence-corrected chi connectivity index (χ0v) is 17.8. The molecule has 0 fully saturated rings. The lowest BCUT2D eigenvalue weighted by molar-refractivity contribution is -0.383. The van der Waals surface area contributed by atoms with Crippen molar-refractivity contribution in [1.82, 2.24) is 15.0 Å². The van der Waals surface area contributed by atoms with Crippen LogP contribution in [0, 0.1) is 10.1 Å². The van der Waals surface area contributed by atoms with Crippen molar-refractivity contribution in [2.45, 2.75) is 13.5 Å². The minimum Gasteiger partial charge on any atom is -0.493 e. The monoisotopic (exact) mass is 435 g/mol. The molecule has 164 valence electrons. The Bertz CT molecular complexity index is 1380. The number of hydrogen-bond donors (Lipinski definition) is 1. The average Bonchev–Trinajstić information content (AvgIpc) is 2.81. The molecule has 0 radical (unpaired) electrons. The van der Waals surface area contributed by atoms with E-state index in [1.54, 1.807) is 30.5 Å². The van der Waals surface area contributed by atoms with E-state index < -0.39 is 4.92 Å².